The van der Waals surface area contributed by atoms with Crippen molar-refractivity contribution in [1.29, 1.82) is 0 Å². The Morgan fingerprint density at radius 3 is 2.43 bits per heavy atom. The lowest BCUT2D eigenvalue weighted by atomic mass is 10.00. The summed E-state index contributed by atoms with van der Waals surface area (Å²) in [5.74, 6) is 0.184. The zero-order chi connectivity index (χ0) is 10.6. The van der Waals surface area contributed by atoms with E-state index in [1.807, 2.05) is 19.1 Å². The van der Waals surface area contributed by atoms with E-state index in [0.717, 1.165) is 5.56 Å². The zero-order valence-corrected chi connectivity index (χ0v) is 8.36. The molecule has 0 bridgehead atoms. The number of carbonyl (C=O) groups excluding carboxylic acids is 1. The van der Waals surface area contributed by atoms with Crippen molar-refractivity contribution in [1.82, 2.24) is 0 Å². The molecule has 3 heteroatoms. The number of carbonyl (C=O) groups is 1. The van der Waals surface area contributed by atoms with Crippen LogP contribution < -0.4 is 0 Å². The fourth-order valence-electron chi connectivity index (χ4n) is 1.25. The minimum Gasteiger partial charge on any atom is -0.295 e. The molecule has 1 rings (SSSR count). The fourth-order valence-corrected chi connectivity index (χ4v) is 1.25. The van der Waals surface area contributed by atoms with Gasteiger partial charge in [0, 0.05) is 11.5 Å². The summed E-state index contributed by atoms with van der Waals surface area (Å²) in [6, 6.07) is 7.32. The Morgan fingerprint density at radius 2 is 2.00 bits per heavy atom. The first kappa shape index (κ1) is 10.9. The standard InChI is InChI=1S/C11H14O3/c1-8(7-14-13)10-3-5-11(6-4-10)9(2)12/h3-6,8,13H,7H2,1-2H3/t8-/m0/s1. The number of rotatable bonds is 4. The van der Waals surface area contributed by atoms with Crippen molar-refractivity contribution in [2.75, 3.05) is 6.61 Å². The normalized spacial score (nSPS) is 12.5. The molecule has 1 aromatic rings. The van der Waals surface area contributed by atoms with Crippen LogP contribution in [0.2, 0.25) is 0 Å². The molecule has 0 aliphatic rings. The van der Waals surface area contributed by atoms with E-state index in [1.54, 1.807) is 12.1 Å². The van der Waals surface area contributed by atoms with Crippen LogP contribution in [0.15, 0.2) is 24.3 Å². The smallest absolute Gasteiger partial charge is 0.159 e. The minimum atomic E-state index is 0.0580. The molecule has 0 saturated heterocycles. The molecule has 0 aliphatic carbocycles. The Hall–Kier alpha value is -1.19. The lowest BCUT2D eigenvalue weighted by Gasteiger charge is -2.09. The maximum atomic E-state index is 11.0. The van der Waals surface area contributed by atoms with Gasteiger partial charge in [0.1, 0.15) is 0 Å². The number of hydrogen-bond donors (Lipinski definition) is 1. The second-order valence-electron chi connectivity index (χ2n) is 3.38. The van der Waals surface area contributed by atoms with Crippen LogP contribution in [0.25, 0.3) is 0 Å². The first-order valence-electron chi connectivity index (χ1n) is 4.52. The van der Waals surface area contributed by atoms with E-state index < -0.39 is 0 Å². The fraction of sp³-hybridized carbons (Fsp3) is 0.364. The summed E-state index contributed by atoms with van der Waals surface area (Å²) in [6.07, 6.45) is 0. The summed E-state index contributed by atoms with van der Waals surface area (Å²) in [6.45, 7) is 3.74. The molecular weight excluding hydrogens is 180 g/mol. The van der Waals surface area contributed by atoms with E-state index in [9.17, 15) is 4.79 Å². The molecule has 0 heterocycles. The predicted octanol–water partition coefficient (Wildman–Crippen LogP) is 2.48. The highest BCUT2D eigenvalue weighted by molar-refractivity contribution is 5.94. The Kier molecular flexibility index (Phi) is 3.80. The van der Waals surface area contributed by atoms with Gasteiger partial charge in [-0.2, -0.15) is 0 Å². The van der Waals surface area contributed by atoms with E-state index in [1.165, 1.54) is 6.92 Å². The maximum Gasteiger partial charge on any atom is 0.159 e. The average molecular weight is 194 g/mol. The second kappa shape index (κ2) is 4.88. The molecule has 0 radical (unpaired) electrons. The Balaban J connectivity index is 2.77. The van der Waals surface area contributed by atoms with Crippen LogP contribution in [-0.2, 0) is 4.89 Å². The summed E-state index contributed by atoms with van der Waals surface area (Å²) in [4.78, 5) is 15.1. The van der Waals surface area contributed by atoms with Crippen LogP contribution in [0, 0.1) is 0 Å². The molecule has 14 heavy (non-hydrogen) atoms. The van der Waals surface area contributed by atoms with Crippen LogP contribution in [0.4, 0.5) is 0 Å². The van der Waals surface area contributed by atoms with Gasteiger partial charge in [-0.15, -0.1) is 0 Å². The zero-order valence-electron chi connectivity index (χ0n) is 8.36. The Bertz CT molecular complexity index is 303. The average Bonchev–Trinajstić information content (AvgIpc) is 2.18. The highest BCUT2D eigenvalue weighted by Crippen LogP contribution is 2.16. The molecule has 76 valence electrons. The Morgan fingerprint density at radius 1 is 1.43 bits per heavy atom. The van der Waals surface area contributed by atoms with Gasteiger partial charge in [0.2, 0.25) is 0 Å². The molecule has 1 N–H and O–H groups in total. The molecule has 0 fully saturated rings. The first-order chi connectivity index (χ1) is 6.65. The van der Waals surface area contributed by atoms with Crippen LogP contribution in [0.3, 0.4) is 0 Å². The highest BCUT2D eigenvalue weighted by Gasteiger charge is 2.06. The topological polar surface area (TPSA) is 46.5 Å². The monoisotopic (exact) mass is 194 g/mol. The van der Waals surface area contributed by atoms with Crippen molar-refractivity contribution >= 4 is 5.78 Å². The van der Waals surface area contributed by atoms with Gasteiger partial charge < -0.3 is 0 Å². The second-order valence-corrected chi connectivity index (χ2v) is 3.38. The number of ketones is 1. The van der Waals surface area contributed by atoms with Crippen molar-refractivity contribution in [2.24, 2.45) is 0 Å². The van der Waals surface area contributed by atoms with Crippen molar-refractivity contribution in [2.45, 2.75) is 19.8 Å². The van der Waals surface area contributed by atoms with Crippen molar-refractivity contribution in [3.8, 4) is 0 Å². The summed E-state index contributed by atoms with van der Waals surface area (Å²) >= 11 is 0. The molecule has 1 aromatic carbocycles. The largest absolute Gasteiger partial charge is 0.295 e. The predicted molar refractivity (Wildman–Crippen MR) is 53.4 cm³/mol. The summed E-state index contributed by atoms with van der Waals surface area (Å²) in [5, 5.41) is 8.29. The van der Waals surface area contributed by atoms with E-state index in [-0.39, 0.29) is 18.3 Å². The van der Waals surface area contributed by atoms with Crippen LogP contribution in [-0.4, -0.2) is 17.6 Å². The highest BCUT2D eigenvalue weighted by atomic mass is 17.1. The molecule has 3 nitrogen and oxygen atoms in total. The molecule has 0 unspecified atom stereocenters. The molecule has 0 saturated carbocycles. The number of Topliss-reactive ketones (excluding diaryl/α,β-unsaturated/α-hetero) is 1. The molecule has 0 aromatic heterocycles. The number of benzene rings is 1. The quantitative estimate of drug-likeness (QED) is 0.455. The van der Waals surface area contributed by atoms with Gasteiger partial charge in [0.15, 0.2) is 5.78 Å². The van der Waals surface area contributed by atoms with E-state index in [4.69, 9.17) is 5.26 Å². The third-order valence-electron chi connectivity index (χ3n) is 2.21. The SMILES string of the molecule is CC(=O)c1ccc([C@@H](C)COO)cc1. The van der Waals surface area contributed by atoms with Gasteiger partial charge in [0.05, 0.1) is 6.61 Å². The van der Waals surface area contributed by atoms with E-state index in [0.29, 0.717) is 5.56 Å². The van der Waals surface area contributed by atoms with Crippen LogP contribution in [0.5, 0.6) is 0 Å². The number of hydrogen-bond acceptors (Lipinski definition) is 3. The third kappa shape index (κ3) is 2.65. The molecule has 0 aliphatic heterocycles. The first-order valence-corrected chi connectivity index (χ1v) is 4.52. The van der Waals surface area contributed by atoms with Gasteiger partial charge >= 0.3 is 0 Å². The van der Waals surface area contributed by atoms with Crippen LogP contribution in [0.1, 0.15) is 35.7 Å². The van der Waals surface area contributed by atoms with Gasteiger partial charge in [-0.3, -0.25) is 10.1 Å². The van der Waals surface area contributed by atoms with Crippen molar-refractivity contribution < 1.29 is 14.9 Å². The molecule has 1 atom stereocenters. The third-order valence-corrected chi connectivity index (χ3v) is 2.21. The lowest BCUT2D eigenvalue weighted by molar-refractivity contribution is -0.245. The molecule has 0 spiro atoms. The van der Waals surface area contributed by atoms with E-state index in [2.05, 4.69) is 4.89 Å². The van der Waals surface area contributed by atoms with Gasteiger partial charge in [-0.1, -0.05) is 31.2 Å². The van der Waals surface area contributed by atoms with Crippen LogP contribution >= 0.6 is 0 Å². The van der Waals surface area contributed by atoms with Crippen molar-refractivity contribution in [3.63, 3.8) is 0 Å². The Labute approximate surface area is 83.3 Å². The summed E-state index contributed by atoms with van der Waals surface area (Å²) in [5.41, 5.74) is 1.75. The summed E-state index contributed by atoms with van der Waals surface area (Å²) in [7, 11) is 0. The summed E-state index contributed by atoms with van der Waals surface area (Å²) < 4.78 is 0. The van der Waals surface area contributed by atoms with E-state index >= 15 is 0 Å². The maximum absolute atomic E-state index is 11.0. The van der Waals surface area contributed by atoms with Crippen molar-refractivity contribution in [3.05, 3.63) is 35.4 Å². The van der Waals surface area contributed by atoms with Gasteiger partial charge in [-0.05, 0) is 12.5 Å². The van der Waals surface area contributed by atoms with Gasteiger partial charge in [0.25, 0.3) is 0 Å². The molecular formula is C11H14O3. The molecule has 0 amide bonds. The lowest BCUT2D eigenvalue weighted by Crippen LogP contribution is -2.02. The minimum absolute atomic E-state index is 0.0580. The van der Waals surface area contributed by atoms with Gasteiger partial charge in [-0.25, -0.2) is 4.89 Å².